The summed E-state index contributed by atoms with van der Waals surface area (Å²) < 4.78 is 0. The van der Waals surface area contributed by atoms with Gasteiger partial charge in [-0.3, -0.25) is 0 Å². The molecule has 2 aliphatic rings. The van der Waals surface area contributed by atoms with Crippen molar-refractivity contribution in [2.45, 2.75) is 121 Å². The molecule has 0 saturated heterocycles. The third-order valence-corrected chi connectivity index (χ3v) is 8.56. The smallest absolute Gasteiger partial charge is 0.0366 e. The Morgan fingerprint density at radius 3 is 2.07 bits per heavy atom. The lowest BCUT2D eigenvalue weighted by Crippen LogP contribution is -2.25. The minimum absolute atomic E-state index is 0.432. The van der Waals surface area contributed by atoms with E-state index in [4.69, 9.17) is 11.6 Å². The summed E-state index contributed by atoms with van der Waals surface area (Å²) >= 11 is 6.94. The van der Waals surface area contributed by atoms with E-state index >= 15 is 0 Å². The van der Waals surface area contributed by atoms with Crippen LogP contribution in [0.5, 0.6) is 0 Å². The summed E-state index contributed by atoms with van der Waals surface area (Å²) in [7, 11) is 0. The zero-order chi connectivity index (χ0) is 20.5. The van der Waals surface area contributed by atoms with Gasteiger partial charge in [-0.1, -0.05) is 76.6 Å². The maximum atomic E-state index is 6.94. The fourth-order valence-electron chi connectivity index (χ4n) is 6.02. The second-order valence-corrected chi connectivity index (χ2v) is 10.8. The highest BCUT2D eigenvalue weighted by atomic mass is 35.5. The molecule has 29 heavy (non-hydrogen) atoms. The average molecular weight is 417 g/mol. The number of hydrogen-bond acceptors (Lipinski definition) is 0. The summed E-state index contributed by atoms with van der Waals surface area (Å²) in [4.78, 5) is 0. The number of rotatable bonds is 10. The molecule has 1 heteroatoms. The van der Waals surface area contributed by atoms with Crippen LogP contribution in [0.4, 0.5) is 0 Å². The Bertz CT molecular complexity index is 546. The number of aryl methyl sites for hydroxylation is 1. The zero-order valence-corrected chi connectivity index (χ0v) is 19.9. The van der Waals surface area contributed by atoms with Crippen LogP contribution in [-0.4, -0.2) is 5.38 Å². The van der Waals surface area contributed by atoms with E-state index in [0.29, 0.717) is 5.38 Å². The highest BCUT2D eigenvalue weighted by Gasteiger charge is 2.30. The molecular weight excluding hydrogens is 372 g/mol. The van der Waals surface area contributed by atoms with E-state index in [2.05, 4.69) is 38.1 Å². The molecule has 1 atom stereocenters. The third kappa shape index (κ3) is 7.30. The molecule has 2 saturated carbocycles. The Balaban J connectivity index is 1.38. The van der Waals surface area contributed by atoms with Gasteiger partial charge in [-0.25, -0.2) is 0 Å². The predicted octanol–water partition coefficient (Wildman–Crippen LogP) is 9.30. The van der Waals surface area contributed by atoms with Crippen LogP contribution < -0.4 is 0 Å². The fourth-order valence-corrected chi connectivity index (χ4v) is 6.53. The first-order valence-electron chi connectivity index (χ1n) is 12.9. The third-order valence-electron chi connectivity index (χ3n) is 8.03. The van der Waals surface area contributed by atoms with Gasteiger partial charge in [-0.15, -0.1) is 11.6 Å². The molecule has 164 valence electrons. The first-order valence-corrected chi connectivity index (χ1v) is 13.4. The van der Waals surface area contributed by atoms with Gasteiger partial charge >= 0.3 is 0 Å². The van der Waals surface area contributed by atoms with Crippen molar-refractivity contribution in [3.63, 3.8) is 0 Å². The van der Waals surface area contributed by atoms with Gasteiger partial charge in [0.2, 0.25) is 0 Å². The number of hydrogen-bond donors (Lipinski definition) is 0. The van der Waals surface area contributed by atoms with E-state index in [1.54, 1.807) is 5.56 Å². The van der Waals surface area contributed by atoms with Crippen LogP contribution in [0.15, 0.2) is 24.3 Å². The topological polar surface area (TPSA) is 0 Å². The van der Waals surface area contributed by atoms with Gasteiger partial charge in [0.05, 0.1) is 0 Å². The molecular formula is C28H45Cl. The molecule has 0 N–H and O–H groups in total. The molecule has 0 radical (unpaired) electrons. The largest absolute Gasteiger partial charge is 0.123 e. The molecule has 2 aliphatic carbocycles. The van der Waals surface area contributed by atoms with Gasteiger partial charge in [-0.05, 0) is 92.6 Å². The molecule has 0 bridgehead atoms. The number of unbranched alkanes of at least 4 members (excludes halogenated alkanes) is 2. The number of benzene rings is 1. The van der Waals surface area contributed by atoms with Gasteiger partial charge in [0.1, 0.15) is 0 Å². The average Bonchev–Trinajstić information content (AvgIpc) is 2.76. The van der Waals surface area contributed by atoms with Crippen LogP contribution >= 0.6 is 11.6 Å². The molecule has 0 spiro atoms. The van der Waals surface area contributed by atoms with Crippen LogP contribution in [0.2, 0.25) is 0 Å². The SMILES string of the molecule is CCCCCc1ccc(C2CCC(CC(Cl)C3CCC(CCC)CC3)CC2)cc1. The monoisotopic (exact) mass is 416 g/mol. The molecule has 1 unspecified atom stereocenters. The zero-order valence-electron chi connectivity index (χ0n) is 19.2. The molecule has 3 rings (SSSR count). The molecule has 0 aromatic heterocycles. The van der Waals surface area contributed by atoms with E-state index in [1.165, 1.54) is 102 Å². The van der Waals surface area contributed by atoms with Crippen molar-refractivity contribution in [1.29, 1.82) is 0 Å². The first-order chi connectivity index (χ1) is 14.2. The van der Waals surface area contributed by atoms with Gasteiger partial charge < -0.3 is 0 Å². The van der Waals surface area contributed by atoms with Crippen molar-refractivity contribution in [2.75, 3.05) is 0 Å². The lowest BCUT2D eigenvalue weighted by Gasteiger charge is -2.35. The van der Waals surface area contributed by atoms with E-state index in [-0.39, 0.29) is 0 Å². The van der Waals surface area contributed by atoms with Crippen LogP contribution in [0.25, 0.3) is 0 Å². The minimum Gasteiger partial charge on any atom is -0.123 e. The van der Waals surface area contributed by atoms with Crippen LogP contribution in [0.1, 0.15) is 121 Å². The summed E-state index contributed by atoms with van der Waals surface area (Å²) in [5.74, 6) is 3.45. The van der Waals surface area contributed by atoms with Crippen LogP contribution in [-0.2, 0) is 6.42 Å². The maximum Gasteiger partial charge on any atom is 0.0366 e. The van der Waals surface area contributed by atoms with Gasteiger partial charge in [0.15, 0.2) is 0 Å². The van der Waals surface area contributed by atoms with Crippen molar-refractivity contribution in [1.82, 2.24) is 0 Å². The maximum absolute atomic E-state index is 6.94. The van der Waals surface area contributed by atoms with Crippen molar-refractivity contribution >= 4 is 11.6 Å². The van der Waals surface area contributed by atoms with E-state index in [9.17, 15) is 0 Å². The van der Waals surface area contributed by atoms with Gasteiger partial charge in [0, 0.05) is 5.38 Å². The lowest BCUT2D eigenvalue weighted by atomic mass is 9.73. The van der Waals surface area contributed by atoms with E-state index in [1.807, 2.05) is 0 Å². The standard InChI is InChI=1S/C28H45Cl/c1-3-5-6-8-23-9-15-25(16-10-23)26-17-13-24(14-18-26)21-28(29)27-19-11-22(7-4-2)12-20-27/h9-10,15-16,22,24,26-28H,3-8,11-14,17-21H2,1-2H3. The molecule has 0 heterocycles. The Labute approximate surface area is 186 Å². The highest BCUT2D eigenvalue weighted by molar-refractivity contribution is 6.20. The molecule has 0 amide bonds. The molecule has 0 aliphatic heterocycles. The normalized spacial score (nSPS) is 28.9. The van der Waals surface area contributed by atoms with Crippen molar-refractivity contribution < 1.29 is 0 Å². The quantitative estimate of drug-likeness (QED) is 0.263. The number of alkyl halides is 1. The lowest BCUT2D eigenvalue weighted by molar-refractivity contribution is 0.228. The molecule has 1 aromatic rings. The number of halogens is 1. The summed E-state index contributed by atoms with van der Waals surface area (Å²) in [6, 6.07) is 9.62. The van der Waals surface area contributed by atoms with Crippen LogP contribution in [0, 0.1) is 17.8 Å². The second kappa shape index (κ2) is 12.4. The Morgan fingerprint density at radius 1 is 0.793 bits per heavy atom. The molecule has 2 fully saturated rings. The van der Waals surface area contributed by atoms with E-state index in [0.717, 1.165) is 23.7 Å². The predicted molar refractivity (Wildman–Crippen MR) is 129 cm³/mol. The van der Waals surface area contributed by atoms with E-state index < -0.39 is 0 Å². The Kier molecular flexibility index (Phi) is 9.90. The fraction of sp³-hybridized carbons (Fsp3) is 0.786. The van der Waals surface area contributed by atoms with Crippen LogP contribution in [0.3, 0.4) is 0 Å². The summed E-state index contributed by atoms with van der Waals surface area (Å²) in [6.45, 7) is 4.61. The summed E-state index contributed by atoms with van der Waals surface area (Å²) in [6.07, 6.45) is 20.5. The highest BCUT2D eigenvalue weighted by Crippen LogP contribution is 2.41. The second-order valence-electron chi connectivity index (χ2n) is 10.2. The Hall–Kier alpha value is -0.490. The van der Waals surface area contributed by atoms with Crippen molar-refractivity contribution in [3.05, 3.63) is 35.4 Å². The molecule has 1 aromatic carbocycles. The summed E-state index contributed by atoms with van der Waals surface area (Å²) in [5, 5.41) is 0.432. The minimum atomic E-state index is 0.432. The van der Waals surface area contributed by atoms with Gasteiger partial charge in [0.25, 0.3) is 0 Å². The van der Waals surface area contributed by atoms with Gasteiger partial charge in [-0.2, -0.15) is 0 Å². The van der Waals surface area contributed by atoms with Crippen molar-refractivity contribution in [3.8, 4) is 0 Å². The Morgan fingerprint density at radius 2 is 1.45 bits per heavy atom. The summed E-state index contributed by atoms with van der Waals surface area (Å²) in [5.41, 5.74) is 3.11. The molecule has 0 nitrogen and oxygen atoms in total. The first kappa shape index (κ1) is 23.2. The van der Waals surface area contributed by atoms with Crippen molar-refractivity contribution in [2.24, 2.45) is 17.8 Å².